The van der Waals surface area contributed by atoms with Gasteiger partial charge in [-0.25, -0.2) is 8.42 Å². The number of hydrogen-bond donors (Lipinski definition) is 1. The lowest BCUT2D eigenvalue weighted by molar-refractivity contribution is 0.0907. The zero-order chi connectivity index (χ0) is 14.8. The van der Waals surface area contributed by atoms with Crippen molar-refractivity contribution in [3.63, 3.8) is 0 Å². The second kappa shape index (κ2) is 6.11. The lowest BCUT2D eigenvalue weighted by Crippen LogP contribution is -2.32. The highest BCUT2D eigenvalue weighted by molar-refractivity contribution is 8.13. The lowest BCUT2D eigenvalue weighted by atomic mass is 10.0. The molecule has 2 rings (SSSR count). The zero-order valence-electron chi connectivity index (χ0n) is 11.0. The van der Waals surface area contributed by atoms with E-state index in [-0.39, 0.29) is 22.5 Å². The van der Waals surface area contributed by atoms with Gasteiger partial charge in [-0.15, -0.1) is 0 Å². The van der Waals surface area contributed by atoms with Crippen LogP contribution in [0, 0.1) is 5.92 Å². The summed E-state index contributed by atoms with van der Waals surface area (Å²) in [5.74, 6) is -0.0230. The molecule has 0 aromatic heterocycles. The highest BCUT2D eigenvalue weighted by atomic mass is 35.7. The molecule has 1 aromatic rings. The van der Waals surface area contributed by atoms with Crippen LogP contribution in [-0.4, -0.2) is 33.6 Å². The fourth-order valence-corrected chi connectivity index (χ4v) is 2.96. The van der Waals surface area contributed by atoms with Gasteiger partial charge in [0.15, 0.2) is 0 Å². The van der Waals surface area contributed by atoms with Crippen LogP contribution in [0.25, 0.3) is 0 Å². The molecule has 1 heterocycles. The summed E-state index contributed by atoms with van der Waals surface area (Å²) in [5, 5.41) is 2.79. The molecule has 0 saturated carbocycles. The average Bonchev–Trinajstić information content (AvgIpc) is 2.81. The van der Waals surface area contributed by atoms with Gasteiger partial charge < -0.3 is 10.1 Å². The molecule has 0 radical (unpaired) electrons. The smallest absolute Gasteiger partial charge is 0.261 e. The van der Waals surface area contributed by atoms with Gasteiger partial charge in [0.2, 0.25) is 0 Å². The molecule has 0 bridgehead atoms. The summed E-state index contributed by atoms with van der Waals surface area (Å²) in [4.78, 5) is 11.9. The first-order chi connectivity index (χ1) is 9.38. The van der Waals surface area contributed by atoms with Gasteiger partial charge in [0, 0.05) is 35.3 Å². The van der Waals surface area contributed by atoms with Crippen LogP contribution in [0.5, 0.6) is 0 Å². The Kier molecular flexibility index (Phi) is 4.67. The summed E-state index contributed by atoms with van der Waals surface area (Å²) in [5.41, 5.74) is 0.276. The molecular formula is C13H16ClNO4S. The molecular weight excluding hydrogens is 302 g/mol. The van der Waals surface area contributed by atoms with Crippen LogP contribution >= 0.6 is 10.7 Å². The standard InChI is InChI=1S/C13H16ClNO4S/c1-9-11(5-6-19-9)8-15-13(16)10-3-2-4-12(7-10)20(14,17)18/h2-4,7,9,11H,5-6,8H2,1H3,(H,15,16). The molecule has 0 aliphatic carbocycles. The topological polar surface area (TPSA) is 72.5 Å². The number of amides is 1. The van der Waals surface area contributed by atoms with E-state index in [2.05, 4.69) is 5.32 Å². The van der Waals surface area contributed by atoms with Crippen molar-refractivity contribution in [2.24, 2.45) is 5.92 Å². The second-order valence-corrected chi connectivity index (χ2v) is 7.37. The molecule has 1 aliphatic heterocycles. The molecule has 110 valence electrons. The molecule has 2 atom stereocenters. The number of halogens is 1. The van der Waals surface area contributed by atoms with Crippen LogP contribution in [0.2, 0.25) is 0 Å². The second-order valence-electron chi connectivity index (χ2n) is 4.80. The molecule has 1 aliphatic rings. The molecule has 1 saturated heterocycles. The summed E-state index contributed by atoms with van der Waals surface area (Å²) < 4.78 is 27.9. The lowest BCUT2D eigenvalue weighted by Gasteiger charge is -2.14. The maximum Gasteiger partial charge on any atom is 0.261 e. The van der Waals surface area contributed by atoms with E-state index in [1.807, 2.05) is 6.92 Å². The Balaban J connectivity index is 2.02. The van der Waals surface area contributed by atoms with Crippen molar-refractivity contribution in [1.29, 1.82) is 0 Å². The number of nitrogens with one attached hydrogen (secondary N) is 1. The first kappa shape index (κ1) is 15.3. The van der Waals surface area contributed by atoms with Crippen LogP contribution in [-0.2, 0) is 13.8 Å². The van der Waals surface area contributed by atoms with E-state index in [4.69, 9.17) is 15.4 Å². The van der Waals surface area contributed by atoms with Crippen molar-refractivity contribution in [3.8, 4) is 0 Å². The molecule has 20 heavy (non-hydrogen) atoms. The fraction of sp³-hybridized carbons (Fsp3) is 0.462. The summed E-state index contributed by atoms with van der Waals surface area (Å²) in [7, 11) is 1.43. The van der Waals surface area contributed by atoms with Gasteiger partial charge in [0.1, 0.15) is 0 Å². The molecule has 5 nitrogen and oxygen atoms in total. The Bertz CT molecular complexity index is 602. The first-order valence-corrected chi connectivity index (χ1v) is 8.63. The van der Waals surface area contributed by atoms with E-state index >= 15 is 0 Å². The Morgan fingerprint density at radius 3 is 2.85 bits per heavy atom. The largest absolute Gasteiger partial charge is 0.378 e. The number of carbonyl (C=O) groups excluding carboxylic acids is 1. The third kappa shape index (κ3) is 3.71. The predicted molar refractivity (Wildman–Crippen MR) is 75.3 cm³/mol. The molecule has 1 amide bonds. The van der Waals surface area contributed by atoms with Crippen molar-refractivity contribution < 1.29 is 17.9 Å². The van der Waals surface area contributed by atoms with Gasteiger partial charge in [-0.1, -0.05) is 6.07 Å². The van der Waals surface area contributed by atoms with Gasteiger partial charge in [-0.2, -0.15) is 0 Å². The fourth-order valence-electron chi connectivity index (χ4n) is 2.16. The Hall–Kier alpha value is -1.11. The van der Waals surface area contributed by atoms with Crippen LogP contribution in [0.15, 0.2) is 29.2 Å². The maximum atomic E-state index is 12.0. The first-order valence-electron chi connectivity index (χ1n) is 6.32. The van der Waals surface area contributed by atoms with Gasteiger partial charge in [-0.05, 0) is 31.5 Å². The van der Waals surface area contributed by atoms with E-state index < -0.39 is 9.05 Å². The van der Waals surface area contributed by atoms with Crippen molar-refractivity contribution in [2.75, 3.05) is 13.2 Å². The van der Waals surface area contributed by atoms with Gasteiger partial charge >= 0.3 is 0 Å². The molecule has 1 aromatic carbocycles. The van der Waals surface area contributed by atoms with E-state index in [0.717, 1.165) is 6.42 Å². The third-order valence-corrected chi connectivity index (χ3v) is 4.79. The van der Waals surface area contributed by atoms with Crippen LogP contribution < -0.4 is 5.32 Å². The van der Waals surface area contributed by atoms with Crippen LogP contribution in [0.4, 0.5) is 0 Å². The zero-order valence-corrected chi connectivity index (χ0v) is 12.6. The van der Waals surface area contributed by atoms with Gasteiger partial charge in [0.25, 0.3) is 15.0 Å². The summed E-state index contributed by atoms with van der Waals surface area (Å²) in [6.45, 7) is 3.20. The highest BCUT2D eigenvalue weighted by Gasteiger charge is 2.24. The van der Waals surface area contributed by atoms with Crippen molar-refractivity contribution in [2.45, 2.75) is 24.3 Å². The minimum absolute atomic E-state index is 0.0793. The number of benzene rings is 1. The van der Waals surface area contributed by atoms with Crippen molar-refractivity contribution in [1.82, 2.24) is 5.32 Å². The normalized spacial score (nSPS) is 22.7. The van der Waals surface area contributed by atoms with Gasteiger partial charge in [-0.3, -0.25) is 4.79 Å². The number of carbonyl (C=O) groups is 1. The van der Waals surface area contributed by atoms with Crippen molar-refractivity contribution in [3.05, 3.63) is 29.8 Å². The Morgan fingerprint density at radius 1 is 1.50 bits per heavy atom. The Labute approximate surface area is 122 Å². The Morgan fingerprint density at radius 2 is 2.25 bits per heavy atom. The van der Waals surface area contributed by atoms with E-state index in [1.54, 1.807) is 6.07 Å². The number of hydrogen-bond acceptors (Lipinski definition) is 4. The SMILES string of the molecule is CC1OCCC1CNC(=O)c1cccc(S(=O)(=O)Cl)c1. The van der Waals surface area contributed by atoms with E-state index in [0.29, 0.717) is 19.1 Å². The third-order valence-electron chi connectivity index (χ3n) is 3.44. The molecule has 0 spiro atoms. The minimum Gasteiger partial charge on any atom is -0.378 e. The quantitative estimate of drug-likeness (QED) is 0.859. The number of ether oxygens (including phenoxy) is 1. The van der Waals surface area contributed by atoms with Gasteiger partial charge in [0.05, 0.1) is 11.0 Å². The monoisotopic (exact) mass is 317 g/mol. The van der Waals surface area contributed by atoms with E-state index in [9.17, 15) is 13.2 Å². The minimum atomic E-state index is -3.83. The summed E-state index contributed by atoms with van der Waals surface area (Å²) in [6, 6.07) is 5.67. The molecule has 7 heteroatoms. The number of rotatable bonds is 4. The highest BCUT2D eigenvalue weighted by Crippen LogP contribution is 2.20. The maximum absolute atomic E-state index is 12.0. The molecule has 1 N–H and O–H groups in total. The molecule has 2 unspecified atom stereocenters. The molecule has 1 fully saturated rings. The summed E-state index contributed by atoms with van der Waals surface area (Å²) >= 11 is 0. The summed E-state index contributed by atoms with van der Waals surface area (Å²) in [6.07, 6.45) is 1.04. The van der Waals surface area contributed by atoms with Crippen LogP contribution in [0.3, 0.4) is 0 Å². The van der Waals surface area contributed by atoms with E-state index in [1.165, 1.54) is 18.2 Å². The average molecular weight is 318 g/mol. The van der Waals surface area contributed by atoms with Crippen molar-refractivity contribution >= 4 is 25.6 Å². The predicted octanol–water partition coefficient (Wildman–Crippen LogP) is 1.77. The van der Waals surface area contributed by atoms with Crippen LogP contribution in [0.1, 0.15) is 23.7 Å².